The number of aromatic nitrogens is 3. The van der Waals surface area contributed by atoms with Gasteiger partial charge in [0, 0.05) is 16.5 Å². The van der Waals surface area contributed by atoms with E-state index in [0.717, 1.165) is 5.56 Å². The first-order valence-corrected chi connectivity index (χ1v) is 9.05. The minimum atomic E-state index is -1.26. The average Bonchev–Trinajstić information content (AvgIpc) is 3.08. The van der Waals surface area contributed by atoms with Gasteiger partial charge >= 0.3 is 0 Å². The van der Waals surface area contributed by atoms with Gasteiger partial charge in [0.1, 0.15) is 18.1 Å². The first-order chi connectivity index (χ1) is 12.4. The Morgan fingerprint density at radius 3 is 2.62 bits per heavy atom. The summed E-state index contributed by atoms with van der Waals surface area (Å²) in [5.41, 5.74) is 0.894. The van der Waals surface area contributed by atoms with E-state index in [1.54, 1.807) is 24.3 Å². The van der Waals surface area contributed by atoms with E-state index in [1.807, 2.05) is 13.8 Å². The smallest absolute Gasteiger partial charge is 0.241 e. The Bertz CT molecular complexity index is 765. The molecule has 0 saturated carbocycles. The molecule has 1 saturated heterocycles. The highest BCUT2D eigenvalue weighted by Gasteiger charge is 2.40. The number of rotatable bonds is 5. The largest absolute Gasteiger partial charge is 0.377 e. The number of aliphatic hydroxyl groups excluding tert-OH is 1. The number of benzene rings is 1. The maximum absolute atomic E-state index is 12.4. The number of aromatic amines is 1. The molecule has 26 heavy (non-hydrogen) atoms. The predicted octanol–water partition coefficient (Wildman–Crippen LogP) is 0.489. The van der Waals surface area contributed by atoms with Gasteiger partial charge < -0.3 is 15.7 Å². The predicted molar refractivity (Wildman–Crippen MR) is 97.7 cm³/mol. The maximum Gasteiger partial charge on any atom is 0.241 e. The minimum absolute atomic E-state index is 0.258. The normalized spacial score (nSPS) is 22.9. The van der Waals surface area contributed by atoms with Crippen LogP contribution in [0.1, 0.15) is 13.8 Å². The van der Waals surface area contributed by atoms with E-state index in [1.165, 1.54) is 18.1 Å². The molecule has 1 aromatic heterocycles. The van der Waals surface area contributed by atoms with Crippen LogP contribution in [0.5, 0.6) is 0 Å². The van der Waals surface area contributed by atoms with Crippen molar-refractivity contribution in [1.29, 1.82) is 0 Å². The lowest BCUT2D eigenvalue weighted by molar-refractivity contribution is -0.141. The first-order valence-electron chi connectivity index (χ1n) is 8.10. The maximum atomic E-state index is 12.4. The molecular formula is C16H20N6O3S. The number of carbonyl (C=O) groups excluding carboxylic acids is 2. The van der Waals surface area contributed by atoms with Crippen molar-refractivity contribution in [3.05, 3.63) is 30.6 Å². The molecule has 10 heteroatoms. The summed E-state index contributed by atoms with van der Waals surface area (Å²) in [6.45, 7) is 3.96. The van der Waals surface area contributed by atoms with Gasteiger partial charge in [-0.3, -0.25) is 20.0 Å². The fourth-order valence-corrected chi connectivity index (χ4v) is 3.49. The Morgan fingerprint density at radius 2 is 2.04 bits per heavy atom. The molecule has 1 aliphatic heterocycles. The number of nitrogens with one attached hydrogen (secondary N) is 4. The van der Waals surface area contributed by atoms with Crippen LogP contribution in [0, 0.1) is 5.92 Å². The number of hydrogen-bond donors (Lipinski definition) is 5. The van der Waals surface area contributed by atoms with Crippen LogP contribution in [-0.4, -0.2) is 49.1 Å². The van der Waals surface area contributed by atoms with Gasteiger partial charge in [0.15, 0.2) is 11.7 Å². The Kier molecular flexibility index (Phi) is 5.55. The number of nitrogens with zero attached hydrogens (tertiary/aromatic N) is 2. The van der Waals surface area contributed by atoms with E-state index in [9.17, 15) is 14.7 Å². The monoisotopic (exact) mass is 376 g/mol. The molecule has 0 radical (unpaired) electrons. The second-order valence-corrected chi connectivity index (χ2v) is 7.75. The quantitative estimate of drug-likeness (QED) is 0.480. The zero-order valence-electron chi connectivity index (χ0n) is 14.3. The third-order valence-electron chi connectivity index (χ3n) is 3.73. The van der Waals surface area contributed by atoms with Crippen LogP contribution in [-0.2, 0) is 9.59 Å². The van der Waals surface area contributed by atoms with Crippen LogP contribution in [0.4, 0.5) is 5.69 Å². The number of thioether (sulfide) groups is 1. The van der Waals surface area contributed by atoms with Crippen LogP contribution >= 0.6 is 11.8 Å². The zero-order valence-corrected chi connectivity index (χ0v) is 15.1. The highest BCUT2D eigenvalue weighted by molar-refractivity contribution is 8.00. The standard InChI is InChI=1S/C16H20N6O3S/c1-8(2)26-16-20-14(24)11(15(25)21-16)13(23)19-10-5-3-9(4-6-10)12-17-7-18-22-12/h3-8,11,14,16,20,24H,1-2H3,(H,19,23)(H,21,25)(H,17,18,22). The Morgan fingerprint density at radius 1 is 1.31 bits per heavy atom. The fourth-order valence-electron chi connectivity index (χ4n) is 2.54. The van der Waals surface area contributed by atoms with Gasteiger partial charge in [-0.05, 0) is 24.3 Å². The van der Waals surface area contributed by atoms with Crippen molar-refractivity contribution in [3.8, 4) is 11.4 Å². The van der Waals surface area contributed by atoms with Crippen molar-refractivity contribution in [2.24, 2.45) is 5.92 Å². The SMILES string of the molecule is CC(C)SC1NC(=O)C(C(=O)Nc2ccc(-c3ncn[nH]3)cc2)C(O)N1. The molecule has 5 N–H and O–H groups in total. The van der Waals surface area contributed by atoms with Gasteiger partial charge in [-0.1, -0.05) is 13.8 Å². The second kappa shape index (κ2) is 7.85. The van der Waals surface area contributed by atoms with E-state index in [0.29, 0.717) is 11.5 Å². The minimum Gasteiger partial charge on any atom is -0.377 e. The summed E-state index contributed by atoms with van der Waals surface area (Å²) in [4.78, 5) is 28.7. The summed E-state index contributed by atoms with van der Waals surface area (Å²) >= 11 is 1.45. The van der Waals surface area contributed by atoms with Gasteiger partial charge in [0.2, 0.25) is 11.8 Å². The van der Waals surface area contributed by atoms with Crippen LogP contribution < -0.4 is 16.0 Å². The third-order valence-corrected chi connectivity index (χ3v) is 4.80. The number of aliphatic hydroxyl groups is 1. The first kappa shape index (κ1) is 18.4. The number of anilines is 1. The van der Waals surface area contributed by atoms with Crippen LogP contribution in [0.25, 0.3) is 11.4 Å². The number of hydrogen-bond acceptors (Lipinski definition) is 7. The number of H-pyrrole nitrogens is 1. The summed E-state index contributed by atoms with van der Waals surface area (Å²) in [7, 11) is 0. The fraction of sp³-hybridized carbons (Fsp3) is 0.375. The summed E-state index contributed by atoms with van der Waals surface area (Å²) in [5, 5.41) is 25.1. The summed E-state index contributed by atoms with van der Waals surface area (Å²) in [6.07, 6.45) is 0.153. The lowest BCUT2D eigenvalue weighted by Crippen LogP contribution is -2.63. The van der Waals surface area contributed by atoms with Gasteiger partial charge in [-0.2, -0.15) is 5.10 Å². The molecule has 0 spiro atoms. The van der Waals surface area contributed by atoms with Crippen LogP contribution in [0.2, 0.25) is 0 Å². The van der Waals surface area contributed by atoms with Crippen molar-refractivity contribution >= 4 is 29.3 Å². The van der Waals surface area contributed by atoms with Gasteiger partial charge in [-0.15, -0.1) is 11.8 Å². The van der Waals surface area contributed by atoms with E-state index < -0.39 is 29.5 Å². The summed E-state index contributed by atoms with van der Waals surface area (Å²) < 4.78 is 0. The molecule has 9 nitrogen and oxygen atoms in total. The highest BCUT2D eigenvalue weighted by atomic mass is 32.2. The van der Waals surface area contributed by atoms with E-state index in [4.69, 9.17) is 0 Å². The molecule has 2 heterocycles. The van der Waals surface area contributed by atoms with Crippen molar-refractivity contribution < 1.29 is 14.7 Å². The molecule has 0 aliphatic carbocycles. The Hall–Kier alpha value is -2.43. The van der Waals surface area contributed by atoms with Gasteiger partial charge in [0.25, 0.3) is 0 Å². The Balaban J connectivity index is 1.63. The topological polar surface area (TPSA) is 132 Å². The Labute approximate surface area is 154 Å². The molecular weight excluding hydrogens is 356 g/mol. The van der Waals surface area contributed by atoms with E-state index in [2.05, 4.69) is 31.1 Å². The molecule has 1 fully saturated rings. The van der Waals surface area contributed by atoms with Crippen molar-refractivity contribution in [3.63, 3.8) is 0 Å². The summed E-state index contributed by atoms with van der Waals surface area (Å²) in [5.74, 6) is -1.70. The molecule has 2 aromatic rings. The van der Waals surface area contributed by atoms with Crippen molar-refractivity contribution in [1.82, 2.24) is 25.8 Å². The van der Waals surface area contributed by atoms with Crippen molar-refractivity contribution in [2.45, 2.75) is 30.8 Å². The molecule has 3 rings (SSSR count). The van der Waals surface area contributed by atoms with Crippen LogP contribution in [0.15, 0.2) is 30.6 Å². The molecule has 1 aliphatic rings. The average molecular weight is 376 g/mol. The van der Waals surface area contributed by atoms with E-state index >= 15 is 0 Å². The second-order valence-electron chi connectivity index (χ2n) is 6.06. The van der Waals surface area contributed by atoms with Gasteiger partial charge in [0.05, 0.1) is 0 Å². The van der Waals surface area contributed by atoms with Gasteiger partial charge in [-0.25, -0.2) is 4.98 Å². The lowest BCUT2D eigenvalue weighted by atomic mass is 10.0. The van der Waals surface area contributed by atoms with Crippen molar-refractivity contribution in [2.75, 3.05) is 5.32 Å². The highest BCUT2D eigenvalue weighted by Crippen LogP contribution is 2.21. The number of carbonyl (C=O) groups is 2. The molecule has 1 aromatic carbocycles. The van der Waals surface area contributed by atoms with E-state index in [-0.39, 0.29) is 5.25 Å². The molecule has 138 valence electrons. The summed E-state index contributed by atoms with van der Waals surface area (Å²) in [6, 6.07) is 6.91. The lowest BCUT2D eigenvalue weighted by Gasteiger charge is -2.34. The molecule has 3 unspecified atom stereocenters. The molecule has 3 atom stereocenters. The molecule has 0 bridgehead atoms. The number of amides is 2. The zero-order chi connectivity index (χ0) is 18.7. The van der Waals surface area contributed by atoms with Crippen LogP contribution in [0.3, 0.4) is 0 Å². The molecule has 2 amide bonds. The third kappa shape index (κ3) is 4.21.